The standard InChI is InChI=1S/C17H15F2N3O/c1-10(11-5-4-6-12(9-11)15(18)19)20-17(23)16-21-13-7-2-3-8-14(13)22-16/h2-10,15H,1H3,(H,20,23)(H,21,22). The maximum absolute atomic E-state index is 12.8. The fourth-order valence-corrected chi connectivity index (χ4v) is 2.37. The van der Waals surface area contributed by atoms with E-state index in [1.807, 2.05) is 18.2 Å². The maximum Gasteiger partial charge on any atom is 0.287 e. The van der Waals surface area contributed by atoms with Gasteiger partial charge in [0.15, 0.2) is 5.82 Å². The molecule has 1 aromatic heterocycles. The highest BCUT2D eigenvalue weighted by Gasteiger charge is 2.16. The van der Waals surface area contributed by atoms with Crippen LogP contribution in [-0.4, -0.2) is 15.9 Å². The van der Waals surface area contributed by atoms with E-state index in [4.69, 9.17) is 0 Å². The first kappa shape index (κ1) is 15.1. The highest BCUT2D eigenvalue weighted by Crippen LogP contribution is 2.22. The zero-order chi connectivity index (χ0) is 16.4. The largest absolute Gasteiger partial charge is 0.343 e. The van der Waals surface area contributed by atoms with Gasteiger partial charge in [0.1, 0.15) is 0 Å². The quantitative estimate of drug-likeness (QED) is 0.765. The summed E-state index contributed by atoms with van der Waals surface area (Å²) in [4.78, 5) is 19.4. The molecule has 2 N–H and O–H groups in total. The van der Waals surface area contributed by atoms with Crippen molar-refractivity contribution in [3.05, 3.63) is 65.5 Å². The fourth-order valence-electron chi connectivity index (χ4n) is 2.37. The zero-order valence-electron chi connectivity index (χ0n) is 12.4. The fraction of sp³-hybridized carbons (Fsp3) is 0.176. The number of nitrogens with one attached hydrogen (secondary N) is 2. The number of fused-ring (bicyclic) bond motifs is 1. The Labute approximate surface area is 131 Å². The first-order chi connectivity index (χ1) is 11.0. The van der Waals surface area contributed by atoms with E-state index in [0.29, 0.717) is 11.1 Å². The molecule has 0 saturated carbocycles. The van der Waals surface area contributed by atoms with Gasteiger partial charge in [-0.2, -0.15) is 0 Å². The normalized spacial score (nSPS) is 12.5. The average Bonchev–Trinajstić information content (AvgIpc) is 2.99. The van der Waals surface area contributed by atoms with E-state index in [0.717, 1.165) is 5.52 Å². The van der Waals surface area contributed by atoms with Gasteiger partial charge in [-0.05, 0) is 30.7 Å². The van der Waals surface area contributed by atoms with Crippen LogP contribution in [0.15, 0.2) is 48.5 Å². The Balaban J connectivity index is 1.77. The number of H-pyrrole nitrogens is 1. The van der Waals surface area contributed by atoms with Crippen molar-refractivity contribution in [3.8, 4) is 0 Å². The molecule has 0 fully saturated rings. The van der Waals surface area contributed by atoms with Crippen LogP contribution >= 0.6 is 0 Å². The molecular formula is C17H15F2N3O. The predicted octanol–water partition coefficient (Wildman–Crippen LogP) is 3.99. The third-order valence-corrected chi connectivity index (χ3v) is 3.61. The number of aromatic nitrogens is 2. The van der Waals surface area contributed by atoms with Crippen LogP contribution in [0.4, 0.5) is 8.78 Å². The Morgan fingerprint density at radius 1 is 1.13 bits per heavy atom. The van der Waals surface area contributed by atoms with Crippen molar-refractivity contribution in [2.45, 2.75) is 19.4 Å². The smallest absolute Gasteiger partial charge is 0.287 e. The first-order valence-electron chi connectivity index (χ1n) is 7.18. The SMILES string of the molecule is CC(NC(=O)c1nc2ccccc2[nH]1)c1cccc(C(F)F)c1. The molecule has 2 aromatic carbocycles. The molecule has 4 nitrogen and oxygen atoms in total. The van der Waals surface area contributed by atoms with E-state index in [9.17, 15) is 13.6 Å². The molecule has 0 aliphatic carbocycles. The van der Waals surface area contributed by atoms with Gasteiger partial charge in [0.2, 0.25) is 0 Å². The lowest BCUT2D eigenvalue weighted by molar-refractivity contribution is 0.0930. The lowest BCUT2D eigenvalue weighted by Crippen LogP contribution is -2.27. The Hall–Kier alpha value is -2.76. The third kappa shape index (κ3) is 3.21. The number of amides is 1. The topological polar surface area (TPSA) is 57.8 Å². The molecule has 0 radical (unpaired) electrons. The zero-order valence-corrected chi connectivity index (χ0v) is 12.4. The molecular weight excluding hydrogens is 300 g/mol. The molecule has 3 aromatic rings. The molecule has 1 atom stereocenters. The summed E-state index contributed by atoms with van der Waals surface area (Å²) in [6, 6.07) is 12.9. The van der Waals surface area contributed by atoms with Gasteiger partial charge in [0.25, 0.3) is 12.3 Å². The van der Waals surface area contributed by atoms with Crippen molar-refractivity contribution in [2.24, 2.45) is 0 Å². The number of aromatic amines is 1. The van der Waals surface area contributed by atoms with Gasteiger partial charge in [-0.3, -0.25) is 4.79 Å². The number of hydrogen-bond donors (Lipinski definition) is 2. The number of alkyl halides is 2. The molecule has 1 amide bonds. The van der Waals surface area contributed by atoms with E-state index in [1.165, 1.54) is 12.1 Å². The lowest BCUT2D eigenvalue weighted by Gasteiger charge is -2.14. The molecule has 0 aliphatic rings. The number of imidazole rings is 1. The molecule has 0 aliphatic heterocycles. The molecule has 0 bridgehead atoms. The van der Waals surface area contributed by atoms with Gasteiger partial charge in [0, 0.05) is 5.56 Å². The van der Waals surface area contributed by atoms with Gasteiger partial charge < -0.3 is 10.3 Å². The third-order valence-electron chi connectivity index (χ3n) is 3.61. The first-order valence-corrected chi connectivity index (χ1v) is 7.18. The van der Waals surface area contributed by atoms with Gasteiger partial charge in [-0.15, -0.1) is 0 Å². The number of nitrogens with zero attached hydrogens (tertiary/aromatic N) is 1. The second-order valence-electron chi connectivity index (χ2n) is 5.27. The molecule has 1 heterocycles. The number of para-hydroxylation sites is 2. The van der Waals surface area contributed by atoms with Crippen LogP contribution in [0.25, 0.3) is 11.0 Å². The minimum Gasteiger partial charge on any atom is -0.343 e. The van der Waals surface area contributed by atoms with Crippen molar-refractivity contribution in [3.63, 3.8) is 0 Å². The number of carbonyl (C=O) groups excluding carboxylic acids is 1. The number of halogens is 2. The Kier molecular flexibility index (Phi) is 4.06. The van der Waals surface area contributed by atoms with Crippen molar-refractivity contribution < 1.29 is 13.6 Å². The van der Waals surface area contributed by atoms with Gasteiger partial charge in [0.05, 0.1) is 17.1 Å². The van der Waals surface area contributed by atoms with E-state index >= 15 is 0 Å². The number of rotatable bonds is 4. The molecule has 23 heavy (non-hydrogen) atoms. The van der Waals surface area contributed by atoms with E-state index in [1.54, 1.807) is 25.1 Å². The second kappa shape index (κ2) is 6.16. The van der Waals surface area contributed by atoms with Gasteiger partial charge >= 0.3 is 0 Å². The Morgan fingerprint density at radius 2 is 1.87 bits per heavy atom. The summed E-state index contributed by atoms with van der Waals surface area (Å²) in [5.74, 6) is -0.181. The summed E-state index contributed by atoms with van der Waals surface area (Å²) < 4.78 is 25.5. The average molecular weight is 315 g/mol. The van der Waals surface area contributed by atoms with E-state index in [-0.39, 0.29) is 17.3 Å². The summed E-state index contributed by atoms with van der Waals surface area (Å²) in [6.07, 6.45) is -2.53. The van der Waals surface area contributed by atoms with Crippen LogP contribution < -0.4 is 5.32 Å². The summed E-state index contributed by atoms with van der Waals surface area (Å²) in [7, 11) is 0. The molecule has 6 heteroatoms. The Morgan fingerprint density at radius 3 is 2.61 bits per heavy atom. The van der Waals surface area contributed by atoms with Crippen molar-refractivity contribution in [1.29, 1.82) is 0 Å². The molecule has 0 saturated heterocycles. The monoisotopic (exact) mass is 315 g/mol. The van der Waals surface area contributed by atoms with Crippen LogP contribution in [0.1, 0.15) is 41.1 Å². The molecule has 0 spiro atoms. The highest BCUT2D eigenvalue weighted by atomic mass is 19.3. The number of benzene rings is 2. The van der Waals surface area contributed by atoms with Crippen LogP contribution in [0.5, 0.6) is 0 Å². The van der Waals surface area contributed by atoms with Crippen LogP contribution in [0.2, 0.25) is 0 Å². The minimum absolute atomic E-state index is 0.0627. The molecule has 1 unspecified atom stereocenters. The highest BCUT2D eigenvalue weighted by molar-refractivity contribution is 5.94. The van der Waals surface area contributed by atoms with Crippen LogP contribution in [0.3, 0.4) is 0 Å². The van der Waals surface area contributed by atoms with Crippen LogP contribution in [0, 0.1) is 0 Å². The van der Waals surface area contributed by atoms with Crippen molar-refractivity contribution in [2.75, 3.05) is 0 Å². The van der Waals surface area contributed by atoms with Crippen molar-refractivity contribution in [1.82, 2.24) is 15.3 Å². The summed E-state index contributed by atoms with van der Waals surface area (Å²) in [5, 5.41) is 2.76. The molecule has 3 rings (SSSR count). The summed E-state index contributed by atoms with van der Waals surface area (Å²) >= 11 is 0. The lowest BCUT2D eigenvalue weighted by atomic mass is 10.1. The van der Waals surface area contributed by atoms with E-state index < -0.39 is 12.5 Å². The van der Waals surface area contributed by atoms with Gasteiger partial charge in [-0.25, -0.2) is 13.8 Å². The van der Waals surface area contributed by atoms with Crippen molar-refractivity contribution >= 4 is 16.9 Å². The Bertz CT molecular complexity index is 811. The number of hydrogen-bond acceptors (Lipinski definition) is 2. The van der Waals surface area contributed by atoms with Crippen LogP contribution in [-0.2, 0) is 0 Å². The van der Waals surface area contributed by atoms with E-state index in [2.05, 4.69) is 15.3 Å². The number of carbonyl (C=O) groups is 1. The molecule has 118 valence electrons. The summed E-state index contributed by atoms with van der Waals surface area (Å²) in [6.45, 7) is 1.74. The maximum atomic E-state index is 12.8. The van der Waals surface area contributed by atoms with Gasteiger partial charge in [-0.1, -0.05) is 30.3 Å². The minimum atomic E-state index is -2.53. The summed E-state index contributed by atoms with van der Waals surface area (Å²) in [5.41, 5.74) is 2.02. The second-order valence-corrected chi connectivity index (χ2v) is 5.27. The predicted molar refractivity (Wildman–Crippen MR) is 83.4 cm³/mol.